The molecule has 19 heavy (non-hydrogen) atoms. The lowest BCUT2D eigenvalue weighted by Crippen LogP contribution is -2.44. The Morgan fingerprint density at radius 1 is 1.16 bits per heavy atom. The second kappa shape index (κ2) is 3.88. The summed E-state index contributed by atoms with van der Waals surface area (Å²) in [6.07, 6.45) is 3.61. The van der Waals surface area contributed by atoms with Gasteiger partial charge in [0.15, 0.2) is 6.17 Å². The number of para-hydroxylation sites is 1. The van der Waals surface area contributed by atoms with Gasteiger partial charge in [-0.3, -0.25) is 4.79 Å². The Morgan fingerprint density at radius 3 is 2.74 bits per heavy atom. The minimum atomic E-state index is -0.190. The van der Waals surface area contributed by atoms with E-state index in [4.69, 9.17) is 4.42 Å². The number of rotatable bonds is 2. The number of carbonyl (C=O) groups is 1. The van der Waals surface area contributed by atoms with E-state index in [1.165, 1.54) is 0 Å². The molecule has 4 rings (SSSR count). The van der Waals surface area contributed by atoms with Gasteiger partial charge in [-0.15, -0.1) is 0 Å². The zero-order valence-electron chi connectivity index (χ0n) is 10.4. The van der Waals surface area contributed by atoms with Crippen molar-refractivity contribution in [3.05, 3.63) is 54.0 Å². The average Bonchev–Trinajstić information content (AvgIpc) is 3.12. The van der Waals surface area contributed by atoms with Crippen LogP contribution in [0.1, 0.15) is 35.1 Å². The summed E-state index contributed by atoms with van der Waals surface area (Å²) in [5.74, 6) is 0.882. The summed E-state index contributed by atoms with van der Waals surface area (Å²) in [6.45, 7) is 0. The normalized spacial score (nSPS) is 22.0. The van der Waals surface area contributed by atoms with E-state index in [-0.39, 0.29) is 12.1 Å². The minimum absolute atomic E-state index is 0.0956. The molecule has 0 bridgehead atoms. The zero-order chi connectivity index (χ0) is 12.8. The minimum Gasteiger partial charge on any atom is -0.465 e. The van der Waals surface area contributed by atoms with Gasteiger partial charge in [0.1, 0.15) is 5.76 Å². The van der Waals surface area contributed by atoms with Gasteiger partial charge in [0, 0.05) is 11.7 Å². The molecule has 4 nitrogen and oxygen atoms in total. The molecule has 2 aliphatic rings. The highest BCUT2D eigenvalue weighted by molar-refractivity contribution is 6.02. The summed E-state index contributed by atoms with van der Waals surface area (Å²) in [5, 5.41) is 3.41. The first-order valence-corrected chi connectivity index (χ1v) is 6.56. The summed E-state index contributed by atoms with van der Waals surface area (Å²) in [5.41, 5.74) is 1.63. The van der Waals surface area contributed by atoms with Crippen molar-refractivity contribution in [3.8, 4) is 0 Å². The van der Waals surface area contributed by atoms with Crippen LogP contribution in [0.4, 0.5) is 5.69 Å². The first-order chi connectivity index (χ1) is 9.34. The smallest absolute Gasteiger partial charge is 0.258 e. The summed E-state index contributed by atoms with van der Waals surface area (Å²) in [4.78, 5) is 14.6. The van der Waals surface area contributed by atoms with Crippen LogP contribution in [0.2, 0.25) is 0 Å². The van der Waals surface area contributed by atoms with Crippen LogP contribution >= 0.6 is 0 Å². The number of carbonyl (C=O) groups excluding carboxylic acids is 1. The average molecular weight is 254 g/mol. The molecule has 0 radical (unpaired) electrons. The van der Waals surface area contributed by atoms with Crippen LogP contribution in [0.25, 0.3) is 0 Å². The summed E-state index contributed by atoms with van der Waals surface area (Å²) >= 11 is 0. The Labute approximate surface area is 111 Å². The van der Waals surface area contributed by atoms with E-state index in [1.807, 2.05) is 41.3 Å². The van der Waals surface area contributed by atoms with Gasteiger partial charge in [-0.05, 0) is 37.1 Å². The van der Waals surface area contributed by atoms with Gasteiger partial charge < -0.3 is 14.6 Å². The third-order valence-corrected chi connectivity index (χ3v) is 3.72. The van der Waals surface area contributed by atoms with Gasteiger partial charge in [-0.25, -0.2) is 0 Å². The van der Waals surface area contributed by atoms with Gasteiger partial charge in [-0.1, -0.05) is 12.1 Å². The molecule has 1 aliphatic carbocycles. The van der Waals surface area contributed by atoms with Gasteiger partial charge in [0.05, 0.1) is 11.8 Å². The van der Waals surface area contributed by atoms with E-state index >= 15 is 0 Å². The molecule has 1 amide bonds. The molecule has 1 aliphatic heterocycles. The predicted octanol–water partition coefficient (Wildman–Crippen LogP) is 3.01. The Kier molecular flexibility index (Phi) is 2.18. The number of anilines is 1. The molecule has 1 aromatic heterocycles. The number of benzene rings is 1. The van der Waals surface area contributed by atoms with Gasteiger partial charge in [0.25, 0.3) is 5.91 Å². The second-order valence-corrected chi connectivity index (χ2v) is 5.05. The predicted molar refractivity (Wildman–Crippen MR) is 70.7 cm³/mol. The number of fused-ring (bicyclic) bond motifs is 1. The molecule has 1 saturated carbocycles. The van der Waals surface area contributed by atoms with Crippen molar-refractivity contribution in [3.63, 3.8) is 0 Å². The molecular weight excluding hydrogens is 240 g/mol. The van der Waals surface area contributed by atoms with Crippen molar-refractivity contribution in [2.45, 2.75) is 25.0 Å². The standard InChI is InChI=1S/C15H14N2O2/c18-15-11-4-1-2-5-12(11)16-14(13-6-3-9-19-13)17(15)10-7-8-10/h1-6,9-10,14,16H,7-8H2/t14-/m1/s1. The molecule has 4 heteroatoms. The van der Waals surface area contributed by atoms with Crippen LogP contribution in [0.15, 0.2) is 47.1 Å². The molecule has 1 atom stereocenters. The number of nitrogens with one attached hydrogen (secondary N) is 1. The van der Waals surface area contributed by atoms with E-state index in [0.717, 1.165) is 29.9 Å². The van der Waals surface area contributed by atoms with E-state index in [1.54, 1.807) is 6.26 Å². The lowest BCUT2D eigenvalue weighted by atomic mass is 10.1. The van der Waals surface area contributed by atoms with Crippen LogP contribution in [0, 0.1) is 0 Å². The lowest BCUT2D eigenvalue weighted by molar-refractivity contribution is 0.0645. The van der Waals surface area contributed by atoms with Crippen molar-refractivity contribution in [1.29, 1.82) is 0 Å². The molecule has 1 aromatic carbocycles. The highest BCUT2D eigenvalue weighted by Crippen LogP contribution is 2.40. The van der Waals surface area contributed by atoms with Crippen molar-refractivity contribution in [2.75, 3.05) is 5.32 Å². The third-order valence-electron chi connectivity index (χ3n) is 3.72. The van der Waals surface area contributed by atoms with Crippen molar-refractivity contribution in [1.82, 2.24) is 4.90 Å². The molecule has 2 heterocycles. The van der Waals surface area contributed by atoms with Gasteiger partial charge in [-0.2, -0.15) is 0 Å². The van der Waals surface area contributed by atoms with Gasteiger partial charge in [0.2, 0.25) is 0 Å². The maximum Gasteiger partial charge on any atom is 0.258 e. The monoisotopic (exact) mass is 254 g/mol. The van der Waals surface area contributed by atoms with E-state index in [9.17, 15) is 4.79 Å². The number of amides is 1. The zero-order valence-corrected chi connectivity index (χ0v) is 10.4. The highest BCUT2D eigenvalue weighted by Gasteiger charge is 2.42. The fraction of sp³-hybridized carbons (Fsp3) is 0.267. The molecular formula is C15H14N2O2. The first-order valence-electron chi connectivity index (χ1n) is 6.56. The maximum atomic E-state index is 12.6. The third kappa shape index (κ3) is 1.63. The van der Waals surface area contributed by atoms with Crippen LogP contribution in [-0.2, 0) is 0 Å². The van der Waals surface area contributed by atoms with Crippen molar-refractivity contribution >= 4 is 11.6 Å². The molecule has 2 aromatic rings. The van der Waals surface area contributed by atoms with Crippen LogP contribution in [-0.4, -0.2) is 16.8 Å². The van der Waals surface area contributed by atoms with Crippen LogP contribution in [0.3, 0.4) is 0 Å². The number of furan rings is 1. The quantitative estimate of drug-likeness (QED) is 0.896. The van der Waals surface area contributed by atoms with E-state index in [0.29, 0.717) is 6.04 Å². The van der Waals surface area contributed by atoms with Crippen LogP contribution in [0.5, 0.6) is 0 Å². The van der Waals surface area contributed by atoms with Gasteiger partial charge >= 0.3 is 0 Å². The van der Waals surface area contributed by atoms with Crippen molar-refractivity contribution < 1.29 is 9.21 Å². The first kappa shape index (κ1) is 10.7. The Balaban J connectivity index is 1.81. The fourth-order valence-electron chi connectivity index (χ4n) is 2.65. The molecule has 0 unspecified atom stereocenters. The Morgan fingerprint density at radius 2 is 2.00 bits per heavy atom. The molecule has 0 saturated heterocycles. The topological polar surface area (TPSA) is 45.5 Å². The highest BCUT2D eigenvalue weighted by atomic mass is 16.3. The molecule has 96 valence electrons. The molecule has 0 spiro atoms. The Bertz CT molecular complexity index is 617. The fourth-order valence-corrected chi connectivity index (χ4v) is 2.65. The van der Waals surface area contributed by atoms with E-state index in [2.05, 4.69) is 5.32 Å². The number of nitrogens with zero attached hydrogens (tertiary/aromatic N) is 1. The Hall–Kier alpha value is -2.23. The van der Waals surface area contributed by atoms with E-state index < -0.39 is 0 Å². The number of hydrogen-bond donors (Lipinski definition) is 1. The SMILES string of the molecule is O=C1c2ccccc2N[C@@H](c2ccco2)N1C1CC1. The maximum absolute atomic E-state index is 12.6. The molecule has 1 fully saturated rings. The summed E-state index contributed by atoms with van der Waals surface area (Å²) < 4.78 is 5.49. The van der Waals surface area contributed by atoms with Crippen LogP contribution < -0.4 is 5.32 Å². The number of hydrogen-bond acceptors (Lipinski definition) is 3. The molecule has 1 N–H and O–H groups in total. The largest absolute Gasteiger partial charge is 0.465 e. The summed E-state index contributed by atoms with van der Waals surface area (Å²) in [7, 11) is 0. The second-order valence-electron chi connectivity index (χ2n) is 5.05. The lowest BCUT2D eigenvalue weighted by Gasteiger charge is -2.36. The van der Waals surface area contributed by atoms with Crippen molar-refractivity contribution in [2.24, 2.45) is 0 Å². The summed E-state index contributed by atoms with van der Waals surface area (Å²) in [6, 6.07) is 11.7.